The molecule has 2 unspecified atom stereocenters. The van der Waals surface area contributed by atoms with E-state index in [1.807, 2.05) is 13.2 Å². The van der Waals surface area contributed by atoms with Gasteiger partial charge in [-0.25, -0.2) is 4.98 Å². The SMILES string of the molecule is Cn1cc(-c2ncc(C(=O)NC3CCCCC3O)s2)cn1. The molecule has 1 aliphatic carbocycles. The minimum atomic E-state index is -0.437. The highest BCUT2D eigenvalue weighted by molar-refractivity contribution is 7.16. The van der Waals surface area contributed by atoms with Gasteiger partial charge >= 0.3 is 0 Å². The van der Waals surface area contributed by atoms with E-state index < -0.39 is 6.10 Å². The molecule has 0 aromatic carbocycles. The fourth-order valence-corrected chi connectivity index (χ4v) is 3.36. The summed E-state index contributed by atoms with van der Waals surface area (Å²) in [6.45, 7) is 0. The summed E-state index contributed by atoms with van der Waals surface area (Å²) in [4.78, 5) is 17.1. The van der Waals surface area contributed by atoms with Crippen molar-refractivity contribution in [3.8, 4) is 10.6 Å². The molecule has 1 saturated carbocycles. The molecule has 0 bridgehead atoms. The molecule has 1 amide bonds. The van der Waals surface area contributed by atoms with Crippen LogP contribution in [0.3, 0.4) is 0 Å². The molecule has 7 heteroatoms. The zero-order valence-corrected chi connectivity index (χ0v) is 12.6. The Balaban J connectivity index is 1.69. The third-order valence-electron chi connectivity index (χ3n) is 3.73. The Morgan fingerprint density at radius 3 is 2.95 bits per heavy atom. The van der Waals surface area contributed by atoms with Crippen molar-refractivity contribution in [1.82, 2.24) is 20.1 Å². The second kappa shape index (κ2) is 5.95. The average molecular weight is 306 g/mol. The summed E-state index contributed by atoms with van der Waals surface area (Å²) in [5, 5.41) is 17.7. The second-order valence-corrected chi connectivity index (χ2v) is 6.39. The molecule has 2 aromatic rings. The Morgan fingerprint density at radius 2 is 2.24 bits per heavy atom. The van der Waals surface area contributed by atoms with Gasteiger partial charge in [0.25, 0.3) is 5.91 Å². The van der Waals surface area contributed by atoms with Gasteiger partial charge in [-0.15, -0.1) is 11.3 Å². The number of nitrogens with zero attached hydrogens (tertiary/aromatic N) is 3. The van der Waals surface area contributed by atoms with E-state index in [9.17, 15) is 9.90 Å². The van der Waals surface area contributed by atoms with Crippen LogP contribution in [0, 0.1) is 0 Å². The van der Waals surface area contributed by atoms with Crippen molar-refractivity contribution in [2.45, 2.75) is 37.8 Å². The van der Waals surface area contributed by atoms with E-state index in [1.54, 1.807) is 17.1 Å². The highest BCUT2D eigenvalue weighted by atomic mass is 32.1. The van der Waals surface area contributed by atoms with Gasteiger partial charge in [-0.2, -0.15) is 5.10 Å². The van der Waals surface area contributed by atoms with Crippen molar-refractivity contribution in [1.29, 1.82) is 0 Å². The number of nitrogens with one attached hydrogen (secondary N) is 1. The normalized spacial score (nSPS) is 22.2. The molecule has 2 atom stereocenters. The highest BCUT2D eigenvalue weighted by Gasteiger charge is 2.25. The van der Waals surface area contributed by atoms with Gasteiger partial charge in [0.05, 0.1) is 24.5 Å². The molecule has 6 nitrogen and oxygen atoms in total. The van der Waals surface area contributed by atoms with Crippen LogP contribution in [-0.4, -0.2) is 37.9 Å². The van der Waals surface area contributed by atoms with Gasteiger partial charge in [0.2, 0.25) is 0 Å². The van der Waals surface area contributed by atoms with Gasteiger partial charge < -0.3 is 10.4 Å². The molecule has 0 spiro atoms. The van der Waals surface area contributed by atoms with Crippen LogP contribution in [-0.2, 0) is 7.05 Å². The third kappa shape index (κ3) is 3.14. The van der Waals surface area contributed by atoms with Crippen molar-refractivity contribution in [3.05, 3.63) is 23.5 Å². The van der Waals surface area contributed by atoms with Crippen LogP contribution in [0.2, 0.25) is 0 Å². The number of carbonyl (C=O) groups excluding carboxylic acids is 1. The van der Waals surface area contributed by atoms with Crippen LogP contribution >= 0.6 is 11.3 Å². The van der Waals surface area contributed by atoms with Gasteiger partial charge in [-0.05, 0) is 12.8 Å². The fraction of sp³-hybridized carbons (Fsp3) is 0.500. The average Bonchev–Trinajstić information content (AvgIpc) is 3.10. The summed E-state index contributed by atoms with van der Waals surface area (Å²) >= 11 is 1.34. The van der Waals surface area contributed by atoms with Crippen LogP contribution in [0.1, 0.15) is 35.4 Å². The van der Waals surface area contributed by atoms with E-state index >= 15 is 0 Å². The number of aliphatic hydroxyl groups is 1. The van der Waals surface area contributed by atoms with Crippen molar-refractivity contribution >= 4 is 17.2 Å². The Kier molecular flexibility index (Phi) is 4.03. The Morgan fingerprint density at radius 1 is 1.43 bits per heavy atom. The number of aromatic nitrogens is 3. The first-order valence-electron chi connectivity index (χ1n) is 7.07. The Hall–Kier alpha value is -1.73. The van der Waals surface area contributed by atoms with E-state index in [-0.39, 0.29) is 11.9 Å². The van der Waals surface area contributed by atoms with E-state index in [4.69, 9.17) is 0 Å². The number of aliphatic hydroxyl groups excluding tert-OH is 1. The smallest absolute Gasteiger partial charge is 0.263 e. The van der Waals surface area contributed by atoms with E-state index in [1.165, 1.54) is 11.3 Å². The van der Waals surface area contributed by atoms with Crippen LogP contribution in [0.5, 0.6) is 0 Å². The third-order valence-corrected chi connectivity index (χ3v) is 4.77. The first kappa shape index (κ1) is 14.2. The molecule has 2 heterocycles. The number of carbonyl (C=O) groups is 1. The molecule has 21 heavy (non-hydrogen) atoms. The predicted octanol–water partition coefficient (Wildman–Crippen LogP) is 1.58. The molecule has 2 aromatic heterocycles. The molecule has 0 saturated heterocycles. The summed E-state index contributed by atoms with van der Waals surface area (Å²) in [7, 11) is 1.84. The van der Waals surface area contributed by atoms with E-state index in [2.05, 4.69) is 15.4 Å². The Labute approximate surface area is 126 Å². The molecular weight excluding hydrogens is 288 g/mol. The largest absolute Gasteiger partial charge is 0.391 e. The first-order valence-corrected chi connectivity index (χ1v) is 7.89. The van der Waals surface area contributed by atoms with Crippen molar-refractivity contribution < 1.29 is 9.90 Å². The minimum absolute atomic E-state index is 0.143. The quantitative estimate of drug-likeness (QED) is 0.902. The minimum Gasteiger partial charge on any atom is -0.391 e. The van der Waals surface area contributed by atoms with Gasteiger partial charge in [0, 0.05) is 18.8 Å². The fourth-order valence-electron chi connectivity index (χ4n) is 2.56. The van der Waals surface area contributed by atoms with Crippen LogP contribution in [0.25, 0.3) is 10.6 Å². The van der Waals surface area contributed by atoms with Gasteiger partial charge in [-0.1, -0.05) is 12.8 Å². The maximum Gasteiger partial charge on any atom is 0.263 e. The van der Waals surface area contributed by atoms with Gasteiger partial charge in [-0.3, -0.25) is 9.48 Å². The number of rotatable bonds is 3. The lowest BCUT2D eigenvalue weighted by atomic mass is 9.92. The summed E-state index contributed by atoms with van der Waals surface area (Å²) < 4.78 is 1.70. The van der Waals surface area contributed by atoms with E-state index in [0.29, 0.717) is 4.88 Å². The van der Waals surface area contributed by atoms with Crippen LogP contribution < -0.4 is 5.32 Å². The van der Waals surface area contributed by atoms with Crippen molar-refractivity contribution in [3.63, 3.8) is 0 Å². The molecule has 1 fully saturated rings. The zero-order chi connectivity index (χ0) is 14.8. The number of aryl methyl sites for hydroxylation is 1. The lowest BCUT2D eigenvalue weighted by Gasteiger charge is -2.28. The molecular formula is C14H18N4O2S. The molecule has 3 rings (SSSR count). The summed E-state index contributed by atoms with van der Waals surface area (Å²) in [6.07, 6.45) is 8.41. The molecule has 2 N–H and O–H groups in total. The topological polar surface area (TPSA) is 80.0 Å². The van der Waals surface area contributed by atoms with Gasteiger partial charge in [0.15, 0.2) is 0 Å². The first-order chi connectivity index (χ1) is 10.1. The maximum absolute atomic E-state index is 12.2. The lowest BCUT2D eigenvalue weighted by molar-refractivity contribution is 0.0720. The van der Waals surface area contributed by atoms with Gasteiger partial charge in [0.1, 0.15) is 9.88 Å². The van der Waals surface area contributed by atoms with Crippen LogP contribution in [0.4, 0.5) is 0 Å². The standard InChI is InChI=1S/C14H18N4O2S/c1-18-8-9(6-16-18)14-15-7-12(21-14)13(20)17-10-4-2-3-5-11(10)19/h6-8,10-11,19H,2-5H2,1H3,(H,17,20). The molecule has 0 radical (unpaired) electrons. The van der Waals surface area contributed by atoms with Crippen LogP contribution in [0.15, 0.2) is 18.6 Å². The Bertz CT molecular complexity index is 636. The van der Waals surface area contributed by atoms with Crippen molar-refractivity contribution in [2.75, 3.05) is 0 Å². The second-order valence-electron chi connectivity index (χ2n) is 5.36. The number of hydrogen-bond donors (Lipinski definition) is 2. The number of hydrogen-bond acceptors (Lipinski definition) is 5. The summed E-state index contributed by atoms with van der Waals surface area (Å²) in [5.74, 6) is -0.159. The molecule has 112 valence electrons. The summed E-state index contributed by atoms with van der Waals surface area (Å²) in [5.41, 5.74) is 0.902. The predicted molar refractivity (Wildman–Crippen MR) is 80.0 cm³/mol. The molecule has 0 aliphatic heterocycles. The number of thiazole rings is 1. The zero-order valence-electron chi connectivity index (χ0n) is 11.8. The lowest BCUT2D eigenvalue weighted by Crippen LogP contribution is -2.44. The molecule has 1 aliphatic rings. The van der Waals surface area contributed by atoms with Crippen molar-refractivity contribution in [2.24, 2.45) is 7.05 Å². The maximum atomic E-state index is 12.2. The summed E-state index contributed by atoms with van der Waals surface area (Å²) in [6, 6.07) is -0.143. The monoisotopic (exact) mass is 306 g/mol. The number of amides is 1. The van der Waals surface area contributed by atoms with E-state index in [0.717, 1.165) is 36.3 Å². The highest BCUT2D eigenvalue weighted by Crippen LogP contribution is 2.25.